The molecular weight excluding hydrogens is 332 g/mol. The van der Waals surface area contributed by atoms with Gasteiger partial charge in [-0.25, -0.2) is 9.78 Å². The van der Waals surface area contributed by atoms with Crippen molar-refractivity contribution in [1.82, 2.24) is 14.8 Å². The summed E-state index contributed by atoms with van der Waals surface area (Å²) in [5.74, 6) is -0.428. The summed E-state index contributed by atoms with van der Waals surface area (Å²) in [7, 11) is 1.82. The summed E-state index contributed by atoms with van der Waals surface area (Å²) in [5, 5.41) is 18.1. The molecule has 0 aliphatic carbocycles. The van der Waals surface area contributed by atoms with Gasteiger partial charge >= 0.3 is 5.97 Å². The normalized spacial score (nSPS) is 10.9. The number of nitrogens with one attached hydrogen (secondary N) is 1. The summed E-state index contributed by atoms with van der Waals surface area (Å²) >= 11 is 0. The first-order valence-electron chi connectivity index (χ1n) is 8.47. The fourth-order valence-electron chi connectivity index (χ4n) is 3.03. The fourth-order valence-corrected chi connectivity index (χ4v) is 3.03. The topological polar surface area (TPSA) is 89.3 Å². The van der Waals surface area contributed by atoms with Crippen LogP contribution in [-0.2, 0) is 24.9 Å². The van der Waals surface area contributed by atoms with E-state index < -0.39 is 5.97 Å². The van der Waals surface area contributed by atoms with E-state index in [1.165, 1.54) is 6.20 Å². The molecule has 0 bridgehead atoms. The van der Waals surface area contributed by atoms with Crippen LogP contribution in [0.2, 0.25) is 0 Å². The van der Waals surface area contributed by atoms with E-state index in [4.69, 9.17) is 4.74 Å². The van der Waals surface area contributed by atoms with Crippen LogP contribution in [0.1, 0.15) is 34.1 Å². The van der Waals surface area contributed by atoms with Crippen LogP contribution in [0.5, 0.6) is 0 Å². The van der Waals surface area contributed by atoms with Gasteiger partial charge in [0.1, 0.15) is 5.56 Å². The van der Waals surface area contributed by atoms with Gasteiger partial charge in [-0.2, -0.15) is 5.10 Å². The number of carbonyl (C=O) groups is 1. The van der Waals surface area contributed by atoms with Gasteiger partial charge in [-0.1, -0.05) is 24.3 Å². The first kappa shape index (κ1) is 17.9. The summed E-state index contributed by atoms with van der Waals surface area (Å²) in [4.78, 5) is 16.8. The van der Waals surface area contributed by atoms with Crippen LogP contribution in [0.3, 0.4) is 0 Å². The van der Waals surface area contributed by atoms with Crippen LogP contribution >= 0.6 is 0 Å². The molecule has 136 valence electrons. The highest BCUT2D eigenvalue weighted by Gasteiger charge is 2.20. The van der Waals surface area contributed by atoms with Gasteiger partial charge in [0.05, 0.1) is 30.0 Å². The smallest absolute Gasteiger partial charge is 0.341 e. The summed E-state index contributed by atoms with van der Waals surface area (Å²) in [6.07, 6.45) is 1.52. The molecule has 3 rings (SSSR count). The molecule has 7 nitrogen and oxygen atoms in total. The summed E-state index contributed by atoms with van der Waals surface area (Å²) in [6.45, 7) is 4.35. The quantitative estimate of drug-likeness (QED) is 0.661. The second kappa shape index (κ2) is 7.53. The van der Waals surface area contributed by atoms with Gasteiger partial charge in [0.25, 0.3) is 0 Å². The molecule has 0 amide bonds. The highest BCUT2D eigenvalue weighted by atomic mass is 16.5. The molecule has 26 heavy (non-hydrogen) atoms. The molecule has 0 aliphatic heterocycles. The number of aliphatic hydroxyl groups is 1. The Labute approximate surface area is 151 Å². The number of carbonyl (C=O) groups excluding carboxylic acids is 1. The van der Waals surface area contributed by atoms with Crippen molar-refractivity contribution in [3.63, 3.8) is 0 Å². The van der Waals surface area contributed by atoms with E-state index in [0.717, 1.165) is 22.2 Å². The average molecular weight is 354 g/mol. The number of hydrogen-bond donors (Lipinski definition) is 2. The molecule has 0 atom stereocenters. The molecular formula is C19H22N4O3. The Balaban J connectivity index is 2.06. The Morgan fingerprint density at radius 3 is 2.73 bits per heavy atom. The number of esters is 1. The number of pyridine rings is 1. The van der Waals surface area contributed by atoms with Gasteiger partial charge in [-0.15, -0.1) is 0 Å². The lowest BCUT2D eigenvalue weighted by atomic mass is 10.1. The number of aromatic nitrogens is 3. The fraction of sp³-hybridized carbons (Fsp3) is 0.316. The Morgan fingerprint density at radius 2 is 2.04 bits per heavy atom. The molecule has 7 heteroatoms. The second-order valence-electron chi connectivity index (χ2n) is 5.96. The van der Waals surface area contributed by atoms with E-state index >= 15 is 0 Å². The third-order valence-corrected chi connectivity index (χ3v) is 4.27. The number of hydrogen-bond acceptors (Lipinski definition) is 6. The number of fused-ring (bicyclic) bond motifs is 1. The number of aliphatic hydroxyl groups excluding tert-OH is 1. The minimum absolute atomic E-state index is 0.0414. The lowest BCUT2D eigenvalue weighted by Crippen LogP contribution is -2.12. The predicted molar refractivity (Wildman–Crippen MR) is 98.9 cm³/mol. The number of benzene rings is 1. The molecule has 1 aromatic carbocycles. The SMILES string of the molecule is CCOC(=O)c1cnc2c(c(C)nn2C)c1NCc1ccccc1CO. The van der Waals surface area contributed by atoms with Crippen LogP contribution in [-0.4, -0.2) is 32.4 Å². The maximum atomic E-state index is 12.4. The van der Waals surface area contributed by atoms with E-state index in [1.54, 1.807) is 11.6 Å². The highest BCUT2D eigenvalue weighted by molar-refractivity contribution is 6.05. The zero-order valence-corrected chi connectivity index (χ0v) is 15.1. The molecule has 0 aliphatic rings. The Morgan fingerprint density at radius 1 is 1.31 bits per heavy atom. The zero-order chi connectivity index (χ0) is 18.7. The largest absolute Gasteiger partial charge is 0.462 e. The van der Waals surface area contributed by atoms with E-state index in [2.05, 4.69) is 15.4 Å². The van der Waals surface area contributed by atoms with Gasteiger partial charge in [-0.05, 0) is 25.0 Å². The number of rotatable bonds is 6. The van der Waals surface area contributed by atoms with Crippen LogP contribution in [0.25, 0.3) is 11.0 Å². The Hall–Kier alpha value is -2.93. The molecule has 2 aromatic heterocycles. The monoisotopic (exact) mass is 354 g/mol. The van der Waals surface area contributed by atoms with Crippen molar-refractivity contribution in [3.8, 4) is 0 Å². The van der Waals surface area contributed by atoms with Crippen molar-refractivity contribution < 1.29 is 14.6 Å². The maximum Gasteiger partial charge on any atom is 0.341 e. The number of anilines is 1. The Kier molecular flexibility index (Phi) is 5.18. The minimum atomic E-state index is -0.428. The van der Waals surface area contributed by atoms with Crippen LogP contribution in [0, 0.1) is 6.92 Å². The first-order chi connectivity index (χ1) is 12.6. The molecule has 0 unspecified atom stereocenters. The molecule has 2 N–H and O–H groups in total. The number of nitrogens with zero attached hydrogens (tertiary/aromatic N) is 3. The minimum Gasteiger partial charge on any atom is -0.462 e. The van der Waals surface area contributed by atoms with Crippen molar-refractivity contribution in [1.29, 1.82) is 0 Å². The lowest BCUT2D eigenvalue weighted by Gasteiger charge is -2.14. The van der Waals surface area contributed by atoms with Crippen LogP contribution < -0.4 is 5.32 Å². The predicted octanol–water partition coefficient (Wildman–Crippen LogP) is 2.56. The lowest BCUT2D eigenvalue weighted by molar-refractivity contribution is 0.0527. The molecule has 0 spiro atoms. The van der Waals surface area contributed by atoms with E-state index in [0.29, 0.717) is 23.4 Å². The number of ether oxygens (including phenoxy) is 1. The van der Waals surface area contributed by atoms with Gasteiger partial charge in [0, 0.05) is 19.8 Å². The van der Waals surface area contributed by atoms with Gasteiger partial charge in [0.2, 0.25) is 0 Å². The third-order valence-electron chi connectivity index (χ3n) is 4.27. The molecule has 0 fully saturated rings. The van der Waals surface area contributed by atoms with Gasteiger partial charge in [-0.3, -0.25) is 4.68 Å². The maximum absolute atomic E-state index is 12.4. The summed E-state index contributed by atoms with van der Waals surface area (Å²) in [6, 6.07) is 7.62. The van der Waals surface area contributed by atoms with E-state index in [9.17, 15) is 9.90 Å². The Bertz CT molecular complexity index is 949. The van der Waals surface area contributed by atoms with E-state index in [1.807, 2.05) is 38.2 Å². The van der Waals surface area contributed by atoms with Crippen molar-refractivity contribution in [3.05, 3.63) is 52.8 Å². The van der Waals surface area contributed by atoms with Gasteiger partial charge in [0.15, 0.2) is 5.65 Å². The van der Waals surface area contributed by atoms with E-state index in [-0.39, 0.29) is 13.2 Å². The zero-order valence-electron chi connectivity index (χ0n) is 15.1. The van der Waals surface area contributed by atoms with Crippen molar-refractivity contribution in [2.45, 2.75) is 27.0 Å². The molecule has 0 radical (unpaired) electrons. The summed E-state index contributed by atoms with van der Waals surface area (Å²) < 4.78 is 6.86. The van der Waals surface area contributed by atoms with Crippen LogP contribution in [0.4, 0.5) is 5.69 Å². The van der Waals surface area contributed by atoms with Crippen molar-refractivity contribution in [2.24, 2.45) is 7.05 Å². The highest BCUT2D eigenvalue weighted by Crippen LogP contribution is 2.29. The average Bonchev–Trinajstić information content (AvgIpc) is 2.94. The second-order valence-corrected chi connectivity index (χ2v) is 5.96. The molecule has 3 aromatic rings. The van der Waals surface area contributed by atoms with Crippen LogP contribution in [0.15, 0.2) is 30.5 Å². The molecule has 0 saturated carbocycles. The summed E-state index contributed by atoms with van der Waals surface area (Å²) in [5.41, 5.74) is 4.28. The third kappa shape index (κ3) is 3.25. The van der Waals surface area contributed by atoms with Gasteiger partial charge < -0.3 is 15.2 Å². The standard InChI is InChI=1S/C19H22N4O3/c1-4-26-19(25)15-10-21-18-16(12(2)22-23(18)3)17(15)20-9-13-7-5-6-8-14(13)11-24/h5-8,10,24H,4,9,11H2,1-3H3,(H,20,21). The molecule has 2 heterocycles. The van der Waals surface area contributed by atoms with Crippen molar-refractivity contribution in [2.75, 3.05) is 11.9 Å². The number of aryl methyl sites for hydroxylation is 2. The molecule has 0 saturated heterocycles. The van der Waals surface area contributed by atoms with Crippen molar-refractivity contribution >= 4 is 22.7 Å². The first-order valence-corrected chi connectivity index (χ1v) is 8.47.